The summed E-state index contributed by atoms with van der Waals surface area (Å²) in [6.07, 6.45) is 0.866. The van der Waals surface area contributed by atoms with Gasteiger partial charge in [0, 0.05) is 6.92 Å². The molecule has 0 radical (unpaired) electrons. The lowest BCUT2D eigenvalue weighted by Crippen LogP contribution is -2.48. The number of benzene rings is 1. The van der Waals surface area contributed by atoms with E-state index in [2.05, 4.69) is 10.4 Å². The van der Waals surface area contributed by atoms with Gasteiger partial charge in [0.05, 0.1) is 11.4 Å². The molecule has 1 aromatic rings. The van der Waals surface area contributed by atoms with Crippen LogP contribution < -0.4 is 21.3 Å². The first-order valence-electron chi connectivity index (χ1n) is 6.67. The summed E-state index contributed by atoms with van der Waals surface area (Å²) in [5.41, 5.74) is 6.56. The van der Waals surface area contributed by atoms with Gasteiger partial charge < -0.3 is 21.4 Å². The monoisotopic (exact) mass is 292 g/mol. The number of carbonyl (C=O) groups excluding carboxylic acids is 1. The summed E-state index contributed by atoms with van der Waals surface area (Å²) in [5.74, 6) is -0.296. The van der Waals surface area contributed by atoms with Gasteiger partial charge in [0.25, 0.3) is 0 Å². The number of rotatable bonds is 5. The zero-order chi connectivity index (χ0) is 15.4. The second kappa shape index (κ2) is 6.42. The summed E-state index contributed by atoms with van der Waals surface area (Å²) in [6, 6.07) is 6.78. The molecule has 114 valence electrons. The molecule has 1 aromatic carbocycles. The smallest absolute Gasteiger partial charge is 0.242 e. The normalized spacial score (nSPS) is 15.3. The molecule has 1 amide bonds. The topological polar surface area (TPSA) is 106 Å². The van der Waals surface area contributed by atoms with E-state index in [0.29, 0.717) is 23.0 Å². The van der Waals surface area contributed by atoms with Gasteiger partial charge in [-0.3, -0.25) is 4.79 Å². The first kappa shape index (κ1) is 15.1. The maximum atomic E-state index is 11.7. The Balaban J connectivity index is 2.24. The van der Waals surface area contributed by atoms with Crippen molar-refractivity contribution in [3.63, 3.8) is 0 Å². The van der Waals surface area contributed by atoms with Gasteiger partial charge in [0.2, 0.25) is 11.9 Å². The zero-order valence-corrected chi connectivity index (χ0v) is 11.9. The Bertz CT molecular complexity index is 548. The van der Waals surface area contributed by atoms with Gasteiger partial charge in [0.15, 0.2) is 6.23 Å². The third kappa shape index (κ3) is 3.41. The second-order valence-corrected chi connectivity index (χ2v) is 4.60. The summed E-state index contributed by atoms with van der Waals surface area (Å²) < 4.78 is 0. The molecule has 1 atom stereocenters. The van der Waals surface area contributed by atoms with Crippen LogP contribution in [0.25, 0.3) is 0 Å². The van der Waals surface area contributed by atoms with Gasteiger partial charge in [-0.15, -0.1) is 5.10 Å². The van der Waals surface area contributed by atoms with Crippen molar-refractivity contribution >= 4 is 23.2 Å². The van der Waals surface area contributed by atoms with Crippen molar-refractivity contribution in [2.24, 2.45) is 10.8 Å². The van der Waals surface area contributed by atoms with Crippen molar-refractivity contribution in [2.75, 3.05) is 10.2 Å². The number of amides is 1. The highest BCUT2D eigenvalue weighted by atomic mass is 16.7. The largest absolute Gasteiger partial charge is 0.737 e. The van der Waals surface area contributed by atoms with Crippen LogP contribution >= 0.6 is 0 Å². The number of hydrazone groups is 1. The quantitative estimate of drug-likeness (QED) is 0.791. The number of nitrogens with two attached hydrogens (primary N) is 1. The van der Waals surface area contributed by atoms with Gasteiger partial charge in [-0.05, 0) is 18.6 Å². The molecule has 0 spiro atoms. The van der Waals surface area contributed by atoms with Gasteiger partial charge in [-0.1, -0.05) is 25.5 Å². The van der Waals surface area contributed by atoms with Crippen LogP contribution in [0.5, 0.6) is 0 Å². The minimum atomic E-state index is -0.549. The molecule has 8 nitrogen and oxygen atoms in total. The molecule has 2 rings (SSSR count). The van der Waals surface area contributed by atoms with Crippen LogP contribution in [0.3, 0.4) is 0 Å². The van der Waals surface area contributed by atoms with Crippen molar-refractivity contribution in [2.45, 2.75) is 32.9 Å². The van der Waals surface area contributed by atoms with Crippen molar-refractivity contribution in [1.29, 1.82) is 0 Å². The van der Waals surface area contributed by atoms with E-state index < -0.39 is 6.23 Å². The van der Waals surface area contributed by atoms with Crippen molar-refractivity contribution in [1.82, 2.24) is 5.32 Å². The second-order valence-electron chi connectivity index (χ2n) is 4.60. The van der Waals surface area contributed by atoms with E-state index in [1.165, 1.54) is 12.0 Å². The van der Waals surface area contributed by atoms with Crippen LogP contribution in [0.1, 0.15) is 26.7 Å². The fourth-order valence-corrected chi connectivity index (χ4v) is 1.99. The summed E-state index contributed by atoms with van der Waals surface area (Å²) in [7, 11) is 0. The Labute approximate surface area is 122 Å². The molecule has 1 heterocycles. The van der Waals surface area contributed by atoms with Gasteiger partial charge in [0.1, 0.15) is 0 Å². The molecule has 0 aromatic heterocycles. The predicted octanol–water partition coefficient (Wildman–Crippen LogP) is 1.23. The summed E-state index contributed by atoms with van der Waals surface area (Å²) in [5, 5.41) is 19.8. The Kier molecular flexibility index (Phi) is 4.61. The first-order chi connectivity index (χ1) is 10.0. The van der Waals surface area contributed by atoms with E-state index in [1.807, 2.05) is 6.92 Å². The molecular weight excluding hydrogens is 274 g/mol. The standard InChI is InChI=1S/C13H18N5O3/c1-3-6-12(15-9(2)19)21-17-10-7-4-5-8-11(10)18(20)16-13(17)14/h4-5,7-8,12H,3,6H2,1-2H3,(H2,14,16)(H,15,19)/q-1. The van der Waals surface area contributed by atoms with Crippen LogP contribution in [0.4, 0.5) is 11.4 Å². The van der Waals surface area contributed by atoms with E-state index in [4.69, 9.17) is 10.6 Å². The van der Waals surface area contributed by atoms with E-state index >= 15 is 0 Å². The highest BCUT2D eigenvalue weighted by Gasteiger charge is 2.25. The average molecular weight is 292 g/mol. The lowest BCUT2D eigenvalue weighted by Gasteiger charge is -2.37. The highest BCUT2D eigenvalue weighted by Crippen LogP contribution is 2.32. The predicted molar refractivity (Wildman–Crippen MR) is 80.0 cm³/mol. The molecule has 0 bridgehead atoms. The maximum Gasteiger partial charge on any atom is 0.242 e. The zero-order valence-electron chi connectivity index (χ0n) is 11.9. The number of guanidine groups is 1. The van der Waals surface area contributed by atoms with E-state index in [1.54, 1.807) is 24.3 Å². The fraction of sp³-hybridized carbons (Fsp3) is 0.385. The number of para-hydroxylation sites is 2. The third-order valence-corrected chi connectivity index (χ3v) is 2.86. The Morgan fingerprint density at radius 2 is 2.14 bits per heavy atom. The summed E-state index contributed by atoms with van der Waals surface area (Å²) in [4.78, 5) is 16.9. The molecule has 0 aliphatic carbocycles. The molecule has 1 unspecified atom stereocenters. The summed E-state index contributed by atoms with van der Waals surface area (Å²) >= 11 is 0. The Morgan fingerprint density at radius 3 is 2.76 bits per heavy atom. The molecule has 0 saturated heterocycles. The van der Waals surface area contributed by atoms with Gasteiger partial charge in [-0.2, -0.15) is 5.06 Å². The first-order valence-corrected chi connectivity index (χ1v) is 6.67. The fourth-order valence-electron chi connectivity index (χ4n) is 1.99. The van der Waals surface area contributed by atoms with Gasteiger partial charge >= 0.3 is 0 Å². The number of hydrogen-bond donors (Lipinski definition) is 2. The van der Waals surface area contributed by atoms with Crippen LogP contribution in [0.15, 0.2) is 29.4 Å². The minimum absolute atomic E-state index is 0.0878. The van der Waals surface area contributed by atoms with Crippen molar-refractivity contribution < 1.29 is 9.63 Å². The Morgan fingerprint density at radius 1 is 1.48 bits per heavy atom. The van der Waals surface area contributed by atoms with E-state index in [-0.39, 0.29) is 11.9 Å². The van der Waals surface area contributed by atoms with Crippen LogP contribution in [0, 0.1) is 5.21 Å². The molecule has 0 fully saturated rings. The number of fused-ring (bicyclic) bond motifs is 1. The Hall–Kier alpha value is -2.32. The molecule has 8 heteroatoms. The molecule has 1 aliphatic heterocycles. The number of nitrogens with zero attached hydrogens (tertiary/aromatic N) is 3. The number of carbonyl (C=O) groups is 1. The van der Waals surface area contributed by atoms with Gasteiger partial charge in [-0.25, -0.2) is 4.84 Å². The number of nitrogens with one attached hydrogen (secondary N) is 1. The lowest BCUT2D eigenvalue weighted by molar-refractivity contribution is -0.123. The molecular formula is C13H18N5O3-. The van der Waals surface area contributed by atoms with Crippen molar-refractivity contribution in [3.05, 3.63) is 29.5 Å². The SMILES string of the molecule is CCCC(NC(C)=O)ON1C(N)=NN([O-])c2ccccc21. The van der Waals surface area contributed by atoms with Crippen LogP contribution in [-0.4, -0.2) is 18.1 Å². The number of hydroxylamine groups is 1. The molecule has 1 aliphatic rings. The highest BCUT2D eigenvalue weighted by molar-refractivity contribution is 5.99. The van der Waals surface area contributed by atoms with Crippen molar-refractivity contribution in [3.8, 4) is 0 Å². The van der Waals surface area contributed by atoms with Crippen LogP contribution in [-0.2, 0) is 9.63 Å². The lowest BCUT2D eigenvalue weighted by atomic mass is 10.2. The van der Waals surface area contributed by atoms with E-state index in [9.17, 15) is 10.0 Å². The molecule has 3 N–H and O–H groups in total. The molecule has 0 saturated carbocycles. The average Bonchev–Trinajstić information content (AvgIpc) is 2.43. The number of hydrogen-bond acceptors (Lipinski definition) is 7. The third-order valence-electron chi connectivity index (χ3n) is 2.86. The van der Waals surface area contributed by atoms with E-state index in [0.717, 1.165) is 6.42 Å². The maximum absolute atomic E-state index is 11.7. The number of anilines is 2. The van der Waals surface area contributed by atoms with Crippen LogP contribution in [0.2, 0.25) is 0 Å². The molecule has 21 heavy (non-hydrogen) atoms. The minimum Gasteiger partial charge on any atom is -0.737 e. The summed E-state index contributed by atoms with van der Waals surface area (Å²) in [6.45, 7) is 3.38.